The van der Waals surface area contributed by atoms with Gasteiger partial charge in [0.15, 0.2) is 0 Å². The molecular formula is C23H31N3O4. The average molecular weight is 414 g/mol. The van der Waals surface area contributed by atoms with Gasteiger partial charge in [-0.25, -0.2) is 0 Å². The van der Waals surface area contributed by atoms with E-state index < -0.39 is 0 Å². The first kappa shape index (κ1) is 23.2. The van der Waals surface area contributed by atoms with Crippen LogP contribution in [0.1, 0.15) is 38.1 Å². The molecule has 0 aliphatic heterocycles. The fourth-order valence-electron chi connectivity index (χ4n) is 2.57. The van der Waals surface area contributed by atoms with Gasteiger partial charge in [-0.1, -0.05) is 6.07 Å². The Labute approximate surface area is 178 Å². The SMILES string of the molecule is CCOCCOc1cccc(NC(=O)CNc2ccc(C(=O)NC(C)(C)C)cc2)c1. The Bertz CT molecular complexity index is 829. The van der Waals surface area contributed by atoms with Crippen molar-refractivity contribution in [2.75, 3.05) is 37.0 Å². The molecule has 0 unspecified atom stereocenters. The molecule has 0 aliphatic rings. The molecule has 0 fully saturated rings. The summed E-state index contributed by atoms with van der Waals surface area (Å²) in [5, 5.41) is 8.80. The quantitative estimate of drug-likeness (QED) is 0.517. The number of hydrogen-bond acceptors (Lipinski definition) is 5. The summed E-state index contributed by atoms with van der Waals surface area (Å²) in [7, 11) is 0. The van der Waals surface area contributed by atoms with Crippen LogP contribution in [-0.2, 0) is 9.53 Å². The second-order valence-electron chi connectivity index (χ2n) is 7.76. The van der Waals surface area contributed by atoms with Crippen molar-refractivity contribution in [3.8, 4) is 5.75 Å². The largest absolute Gasteiger partial charge is 0.491 e. The topological polar surface area (TPSA) is 88.7 Å². The van der Waals surface area contributed by atoms with Crippen LogP contribution < -0.4 is 20.7 Å². The van der Waals surface area contributed by atoms with Crippen molar-refractivity contribution in [1.29, 1.82) is 0 Å². The highest BCUT2D eigenvalue weighted by molar-refractivity contribution is 5.95. The smallest absolute Gasteiger partial charge is 0.251 e. The molecule has 2 rings (SSSR count). The van der Waals surface area contributed by atoms with Crippen LogP contribution in [-0.4, -0.2) is 43.7 Å². The molecule has 0 saturated heterocycles. The summed E-state index contributed by atoms with van der Waals surface area (Å²) in [4.78, 5) is 24.4. The van der Waals surface area contributed by atoms with E-state index in [0.717, 1.165) is 5.69 Å². The van der Waals surface area contributed by atoms with Crippen molar-refractivity contribution >= 4 is 23.2 Å². The molecule has 2 aromatic rings. The van der Waals surface area contributed by atoms with Gasteiger partial charge in [-0.05, 0) is 64.1 Å². The Morgan fingerprint density at radius 2 is 1.70 bits per heavy atom. The van der Waals surface area contributed by atoms with Gasteiger partial charge in [0.25, 0.3) is 5.91 Å². The van der Waals surface area contributed by atoms with Gasteiger partial charge in [0.2, 0.25) is 5.91 Å². The number of anilines is 2. The van der Waals surface area contributed by atoms with Crippen LogP contribution in [0.2, 0.25) is 0 Å². The molecule has 0 heterocycles. The third kappa shape index (κ3) is 8.53. The number of hydrogen-bond donors (Lipinski definition) is 3. The molecule has 7 nitrogen and oxygen atoms in total. The second kappa shape index (κ2) is 11.2. The molecule has 2 amide bonds. The molecule has 2 aromatic carbocycles. The Balaban J connectivity index is 1.81. The Kier molecular flexibility index (Phi) is 8.68. The summed E-state index contributed by atoms with van der Waals surface area (Å²) in [5.41, 5.74) is 1.69. The van der Waals surface area contributed by atoms with Crippen molar-refractivity contribution < 1.29 is 19.1 Å². The monoisotopic (exact) mass is 413 g/mol. The lowest BCUT2D eigenvalue weighted by molar-refractivity contribution is -0.114. The highest BCUT2D eigenvalue weighted by Gasteiger charge is 2.15. The number of carbonyl (C=O) groups excluding carboxylic acids is 2. The zero-order chi connectivity index (χ0) is 22.0. The van der Waals surface area contributed by atoms with Gasteiger partial charge < -0.3 is 25.4 Å². The number of rotatable bonds is 10. The molecule has 7 heteroatoms. The maximum Gasteiger partial charge on any atom is 0.251 e. The maximum atomic E-state index is 12.2. The minimum absolute atomic E-state index is 0.100. The van der Waals surface area contributed by atoms with E-state index in [0.29, 0.717) is 36.8 Å². The standard InChI is InChI=1S/C23H31N3O4/c1-5-29-13-14-30-20-8-6-7-19(15-20)25-21(27)16-24-18-11-9-17(10-12-18)22(28)26-23(2,3)4/h6-12,15,24H,5,13-14,16H2,1-4H3,(H,25,27)(H,26,28). The third-order valence-corrected chi connectivity index (χ3v) is 3.91. The van der Waals surface area contributed by atoms with E-state index in [1.54, 1.807) is 36.4 Å². The molecule has 30 heavy (non-hydrogen) atoms. The van der Waals surface area contributed by atoms with Crippen LogP contribution in [0.25, 0.3) is 0 Å². The van der Waals surface area contributed by atoms with Crippen molar-refractivity contribution in [2.24, 2.45) is 0 Å². The number of ether oxygens (including phenoxy) is 2. The third-order valence-electron chi connectivity index (χ3n) is 3.91. The highest BCUT2D eigenvalue weighted by Crippen LogP contribution is 2.17. The number of benzene rings is 2. The average Bonchev–Trinajstić information content (AvgIpc) is 2.69. The summed E-state index contributed by atoms with van der Waals surface area (Å²) < 4.78 is 10.8. The summed E-state index contributed by atoms with van der Waals surface area (Å²) >= 11 is 0. The van der Waals surface area contributed by atoms with Crippen LogP contribution in [0.3, 0.4) is 0 Å². The fourth-order valence-corrected chi connectivity index (χ4v) is 2.57. The second-order valence-corrected chi connectivity index (χ2v) is 7.76. The zero-order valence-electron chi connectivity index (χ0n) is 18.1. The lowest BCUT2D eigenvalue weighted by atomic mass is 10.1. The Hall–Kier alpha value is -3.06. The van der Waals surface area contributed by atoms with Crippen molar-refractivity contribution in [2.45, 2.75) is 33.2 Å². The van der Waals surface area contributed by atoms with Crippen LogP contribution >= 0.6 is 0 Å². The van der Waals surface area contributed by atoms with Gasteiger partial charge in [0, 0.05) is 35.2 Å². The van der Waals surface area contributed by atoms with E-state index in [4.69, 9.17) is 9.47 Å². The van der Waals surface area contributed by atoms with Crippen LogP contribution in [0.4, 0.5) is 11.4 Å². The number of nitrogens with one attached hydrogen (secondary N) is 3. The molecule has 0 aliphatic carbocycles. The van der Waals surface area contributed by atoms with E-state index >= 15 is 0 Å². The first-order valence-corrected chi connectivity index (χ1v) is 10.0. The van der Waals surface area contributed by atoms with E-state index in [9.17, 15) is 9.59 Å². The zero-order valence-corrected chi connectivity index (χ0v) is 18.1. The molecule has 0 atom stereocenters. The van der Waals surface area contributed by atoms with Gasteiger partial charge in [-0.2, -0.15) is 0 Å². The summed E-state index contributed by atoms with van der Waals surface area (Å²) in [5.74, 6) is 0.357. The molecule has 3 N–H and O–H groups in total. The van der Waals surface area contributed by atoms with E-state index in [1.165, 1.54) is 0 Å². The van der Waals surface area contributed by atoms with Crippen molar-refractivity contribution in [3.05, 3.63) is 54.1 Å². The summed E-state index contributed by atoms with van der Waals surface area (Å²) in [6, 6.07) is 14.2. The van der Waals surface area contributed by atoms with E-state index in [2.05, 4.69) is 16.0 Å². The van der Waals surface area contributed by atoms with Gasteiger partial charge in [0.1, 0.15) is 12.4 Å². The maximum absolute atomic E-state index is 12.2. The lowest BCUT2D eigenvalue weighted by Crippen LogP contribution is -2.40. The van der Waals surface area contributed by atoms with Gasteiger partial charge >= 0.3 is 0 Å². The lowest BCUT2D eigenvalue weighted by Gasteiger charge is -2.20. The molecule has 0 spiro atoms. The number of amides is 2. The van der Waals surface area contributed by atoms with E-state index in [-0.39, 0.29) is 23.9 Å². The van der Waals surface area contributed by atoms with E-state index in [1.807, 2.05) is 39.8 Å². The molecule has 0 bridgehead atoms. The first-order chi connectivity index (χ1) is 14.3. The summed E-state index contributed by atoms with van der Waals surface area (Å²) in [6.07, 6.45) is 0. The van der Waals surface area contributed by atoms with Crippen molar-refractivity contribution in [1.82, 2.24) is 5.32 Å². The molecular weight excluding hydrogens is 382 g/mol. The van der Waals surface area contributed by atoms with Crippen LogP contribution in [0.5, 0.6) is 5.75 Å². The van der Waals surface area contributed by atoms with Crippen molar-refractivity contribution in [3.63, 3.8) is 0 Å². The predicted octanol–water partition coefficient (Wildman–Crippen LogP) is 3.68. The Morgan fingerprint density at radius 3 is 2.37 bits per heavy atom. The normalized spacial score (nSPS) is 10.9. The predicted molar refractivity (Wildman–Crippen MR) is 119 cm³/mol. The molecule has 162 valence electrons. The Morgan fingerprint density at radius 1 is 0.967 bits per heavy atom. The van der Waals surface area contributed by atoms with Crippen LogP contribution in [0, 0.1) is 0 Å². The summed E-state index contributed by atoms with van der Waals surface area (Å²) in [6.45, 7) is 9.46. The first-order valence-electron chi connectivity index (χ1n) is 10.0. The van der Waals surface area contributed by atoms with Gasteiger partial charge in [0.05, 0.1) is 13.2 Å². The molecule has 0 saturated carbocycles. The molecule has 0 aromatic heterocycles. The highest BCUT2D eigenvalue weighted by atomic mass is 16.5. The molecule has 0 radical (unpaired) electrons. The number of carbonyl (C=O) groups is 2. The fraction of sp³-hybridized carbons (Fsp3) is 0.391. The van der Waals surface area contributed by atoms with Gasteiger partial charge in [-0.3, -0.25) is 9.59 Å². The minimum atomic E-state index is -0.294. The van der Waals surface area contributed by atoms with Gasteiger partial charge in [-0.15, -0.1) is 0 Å². The minimum Gasteiger partial charge on any atom is -0.491 e. The van der Waals surface area contributed by atoms with Crippen LogP contribution in [0.15, 0.2) is 48.5 Å².